The molecule has 164 valence electrons. The third kappa shape index (κ3) is 3.94. The first-order valence-corrected chi connectivity index (χ1v) is 11.0. The number of hydrogen-bond donors (Lipinski definition) is 2. The summed E-state index contributed by atoms with van der Waals surface area (Å²) in [6.45, 7) is 12.6. The van der Waals surface area contributed by atoms with Gasteiger partial charge in [0, 0.05) is 31.5 Å². The quantitative estimate of drug-likeness (QED) is 0.440. The molecule has 4 rings (SSSR count). The van der Waals surface area contributed by atoms with Crippen molar-refractivity contribution in [2.45, 2.75) is 60.0 Å². The van der Waals surface area contributed by atoms with E-state index in [9.17, 15) is 0 Å². The van der Waals surface area contributed by atoms with Crippen molar-refractivity contribution in [3.8, 4) is 0 Å². The molecule has 4 heterocycles. The Morgan fingerprint density at radius 2 is 1.74 bits per heavy atom. The molecule has 0 saturated heterocycles. The Morgan fingerprint density at radius 1 is 1.00 bits per heavy atom. The van der Waals surface area contributed by atoms with Crippen molar-refractivity contribution in [1.29, 1.82) is 0 Å². The number of nitrogens with one attached hydrogen (secondary N) is 1. The van der Waals surface area contributed by atoms with E-state index in [0.717, 1.165) is 59.4 Å². The van der Waals surface area contributed by atoms with Crippen LogP contribution in [0.15, 0.2) is 25.0 Å². The number of nitrogens with two attached hydrogens (primary N) is 1. The van der Waals surface area contributed by atoms with Crippen molar-refractivity contribution < 1.29 is 0 Å². The second-order valence-electron chi connectivity index (χ2n) is 8.67. The Labute approximate surface area is 182 Å². The van der Waals surface area contributed by atoms with Crippen LogP contribution < -0.4 is 11.1 Å². The van der Waals surface area contributed by atoms with Gasteiger partial charge in [0.05, 0.1) is 10.8 Å². The van der Waals surface area contributed by atoms with Crippen LogP contribution in [0.25, 0.3) is 22.1 Å². The zero-order valence-electron chi connectivity index (χ0n) is 19.1. The predicted molar refractivity (Wildman–Crippen MR) is 126 cm³/mol. The van der Waals surface area contributed by atoms with Gasteiger partial charge in [0.15, 0.2) is 0 Å². The van der Waals surface area contributed by atoms with Crippen LogP contribution in [0.5, 0.6) is 0 Å². The monoisotopic (exact) mass is 420 g/mol. The molecule has 3 N–H and O–H groups in total. The molecule has 0 bridgehead atoms. The smallest absolute Gasteiger partial charge is 0.145 e. The van der Waals surface area contributed by atoms with Gasteiger partial charge in [0.1, 0.15) is 35.6 Å². The molecule has 31 heavy (non-hydrogen) atoms. The summed E-state index contributed by atoms with van der Waals surface area (Å²) in [6, 6.07) is 0.363. The lowest BCUT2D eigenvalue weighted by Gasteiger charge is -2.15. The van der Waals surface area contributed by atoms with Crippen LogP contribution in [0.3, 0.4) is 0 Å². The number of aromatic nitrogens is 6. The van der Waals surface area contributed by atoms with Crippen molar-refractivity contribution in [1.82, 2.24) is 29.1 Å². The highest BCUT2D eigenvalue weighted by Gasteiger charge is 2.16. The van der Waals surface area contributed by atoms with E-state index in [1.807, 2.05) is 0 Å². The fraction of sp³-hybridized carbons (Fsp3) is 0.478. The Hall–Kier alpha value is -3.16. The zero-order valence-corrected chi connectivity index (χ0v) is 19.1. The standard InChI is InChI=1S/C23H32N8/c1-6-17-11-31(14(2)3)23-19(17)21(27-13-29-23)25-9-15(4)7-8-30-10-16(5)18-20(24)26-12-28-22(18)30/h10-15H,6-9H2,1-5H3,(H2,24,26,28)(H,25,27,29). The van der Waals surface area contributed by atoms with Gasteiger partial charge in [-0.3, -0.25) is 0 Å². The molecule has 0 fully saturated rings. The van der Waals surface area contributed by atoms with E-state index in [1.165, 1.54) is 11.9 Å². The molecule has 0 saturated carbocycles. The fourth-order valence-corrected chi connectivity index (χ4v) is 4.20. The minimum atomic E-state index is 0.363. The number of fused-ring (bicyclic) bond motifs is 2. The molecule has 0 spiro atoms. The molecule has 4 aromatic heterocycles. The molecule has 0 aliphatic heterocycles. The van der Waals surface area contributed by atoms with Crippen molar-refractivity contribution in [3.63, 3.8) is 0 Å². The van der Waals surface area contributed by atoms with Crippen LogP contribution in [0, 0.1) is 12.8 Å². The summed E-state index contributed by atoms with van der Waals surface area (Å²) < 4.78 is 4.41. The molecular formula is C23H32N8. The van der Waals surface area contributed by atoms with Crippen LogP contribution in [-0.2, 0) is 13.0 Å². The molecule has 0 aliphatic carbocycles. The average Bonchev–Trinajstić information content (AvgIpc) is 3.29. The summed E-state index contributed by atoms with van der Waals surface area (Å²) in [5.41, 5.74) is 10.3. The predicted octanol–water partition coefficient (Wildman–Crippen LogP) is 4.35. The van der Waals surface area contributed by atoms with Gasteiger partial charge in [-0.2, -0.15) is 0 Å². The molecule has 0 aliphatic rings. The summed E-state index contributed by atoms with van der Waals surface area (Å²) in [6.07, 6.45) is 9.50. The normalized spacial score (nSPS) is 12.8. The molecule has 1 unspecified atom stereocenters. The van der Waals surface area contributed by atoms with Crippen LogP contribution in [0.4, 0.5) is 11.6 Å². The van der Waals surface area contributed by atoms with Gasteiger partial charge in [-0.1, -0.05) is 13.8 Å². The number of anilines is 2. The number of nitrogens with zero attached hydrogens (tertiary/aromatic N) is 6. The first kappa shape index (κ1) is 21.1. The second kappa shape index (κ2) is 8.53. The lowest BCUT2D eigenvalue weighted by atomic mass is 10.1. The van der Waals surface area contributed by atoms with Gasteiger partial charge < -0.3 is 20.2 Å². The molecule has 1 atom stereocenters. The third-order valence-electron chi connectivity index (χ3n) is 5.98. The molecule has 4 aromatic rings. The lowest BCUT2D eigenvalue weighted by molar-refractivity contribution is 0.504. The van der Waals surface area contributed by atoms with E-state index in [0.29, 0.717) is 17.8 Å². The van der Waals surface area contributed by atoms with E-state index in [1.54, 1.807) is 6.33 Å². The maximum atomic E-state index is 6.04. The third-order valence-corrected chi connectivity index (χ3v) is 5.98. The Bertz CT molecular complexity index is 1200. The van der Waals surface area contributed by atoms with Crippen LogP contribution in [0.2, 0.25) is 0 Å². The SMILES string of the molecule is CCc1cn(C(C)C)c2ncnc(NCC(C)CCn3cc(C)c4c(N)ncnc43)c12. The first-order chi connectivity index (χ1) is 14.9. The largest absolute Gasteiger partial charge is 0.383 e. The number of rotatable bonds is 8. The lowest BCUT2D eigenvalue weighted by Crippen LogP contribution is -2.15. The highest BCUT2D eigenvalue weighted by Crippen LogP contribution is 2.29. The number of aryl methyl sites for hydroxylation is 3. The van der Waals surface area contributed by atoms with E-state index < -0.39 is 0 Å². The summed E-state index contributed by atoms with van der Waals surface area (Å²) in [7, 11) is 0. The fourth-order valence-electron chi connectivity index (χ4n) is 4.20. The molecule has 8 heteroatoms. The van der Waals surface area contributed by atoms with Gasteiger partial charge >= 0.3 is 0 Å². The average molecular weight is 421 g/mol. The van der Waals surface area contributed by atoms with Crippen molar-refractivity contribution >= 4 is 33.7 Å². The minimum absolute atomic E-state index is 0.363. The maximum absolute atomic E-state index is 6.04. The molecule has 8 nitrogen and oxygen atoms in total. The Balaban J connectivity index is 1.47. The summed E-state index contributed by atoms with van der Waals surface area (Å²) in [5, 5.41) is 5.68. The summed E-state index contributed by atoms with van der Waals surface area (Å²) in [4.78, 5) is 17.7. The summed E-state index contributed by atoms with van der Waals surface area (Å²) >= 11 is 0. The van der Waals surface area contributed by atoms with Gasteiger partial charge in [0.2, 0.25) is 0 Å². The van der Waals surface area contributed by atoms with E-state index >= 15 is 0 Å². The topological polar surface area (TPSA) is 99.5 Å². The highest BCUT2D eigenvalue weighted by molar-refractivity contribution is 5.91. The minimum Gasteiger partial charge on any atom is -0.383 e. The highest BCUT2D eigenvalue weighted by atomic mass is 15.1. The Kier molecular flexibility index (Phi) is 5.80. The van der Waals surface area contributed by atoms with Gasteiger partial charge in [-0.05, 0) is 50.7 Å². The van der Waals surface area contributed by atoms with Gasteiger partial charge in [-0.25, -0.2) is 19.9 Å². The van der Waals surface area contributed by atoms with Gasteiger partial charge in [-0.15, -0.1) is 0 Å². The second-order valence-corrected chi connectivity index (χ2v) is 8.67. The summed E-state index contributed by atoms with van der Waals surface area (Å²) in [5.74, 6) is 1.93. The van der Waals surface area contributed by atoms with E-state index in [4.69, 9.17) is 5.73 Å². The zero-order chi connectivity index (χ0) is 22.1. The van der Waals surface area contributed by atoms with E-state index in [-0.39, 0.29) is 0 Å². The molecule has 0 amide bonds. The van der Waals surface area contributed by atoms with Crippen LogP contribution in [0.1, 0.15) is 51.3 Å². The molecule has 0 radical (unpaired) electrons. The maximum Gasteiger partial charge on any atom is 0.145 e. The van der Waals surface area contributed by atoms with E-state index in [2.05, 4.69) is 81.4 Å². The number of nitrogen functional groups attached to an aromatic ring is 1. The van der Waals surface area contributed by atoms with Crippen LogP contribution in [-0.4, -0.2) is 35.6 Å². The van der Waals surface area contributed by atoms with Crippen molar-refractivity contribution in [2.75, 3.05) is 17.6 Å². The number of hydrogen-bond acceptors (Lipinski definition) is 6. The van der Waals surface area contributed by atoms with Crippen LogP contribution >= 0.6 is 0 Å². The molecular weight excluding hydrogens is 388 g/mol. The van der Waals surface area contributed by atoms with Gasteiger partial charge in [0.25, 0.3) is 0 Å². The Morgan fingerprint density at radius 3 is 2.48 bits per heavy atom. The molecule has 0 aromatic carbocycles. The van der Waals surface area contributed by atoms with Crippen molar-refractivity contribution in [3.05, 3.63) is 36.2 Å². The van der Waals surface area contributed by atoms with Crippen molar-refractivity contribution in [2.24, 2.45) is 5.92 Å². The first-order valence-electron chi connectivity index (χ1n) is 11.0.